The van der Waals surface area contributed by atoms with Crippen LogP contribution in [0.15, 0.2) is 48.5 Å². The third kappa shape index (κ3) is 4.97. The largest absolute Gasteiger partial charge is 0.494 e. The van der Waals surface area contributed by atoms with Crippen molar-refractivity contribution in [2.75, 3.05) is 17.2 Å². The third-order valence-electron chi connectivity index (χ3n) is 3.11. The Kier molecular flexibility index (Phi) is 5.63. The molecule has 2 rings (SSSR count). The van der Waals surface area contributed by atoms with E-state index in [1.165, 1.54) is 36.4 Å². The van der Waals surface area contributed by atoms with Crippen molar-refractivity contribution < 1.29 is 27.5 Å². The molecule has 0 spiro atoms. The van der Waals surface area contributed by atoms with E-state index in [-0.39, 0.29) is 11.4 Å². The standard InChI is InChI=1S/C17H15F3N2O3/c1-2-25-12-9-7-11(8-10-12)15(23)21-13-5-3-4-6-14(13)22-16(24)17(18,19)20/h3-10H,2H2,1H3,(H,21,23)(H,22,24). The van der Waals surface area contributed by atoms with Crippen molar-refractivity contribution in [3.8, 4) is 5.75 Å². The Morgan fingerprint density at radius 2 is 1.52 bits per heavy atom. The first-order valence-electron chi connectivity index (χ1n) is 7.32. The van der Waals surface area contributed by atoms with E-state index in [0.29, 0.717) is 17.9 Å². The molecule has 0 fully saturated rings. The minimum Gasteiger partial charge on any atom is -0.494 e. The molecule has 0 heterocycles. The number of ether oxygens (including phenoxy) is 1. The van der Waals surface area contributed by atoms with E-state index in [4.69, 9.17) is 4.74 Å². The van der Waals surface area contributed by atoms with Gasteiger partial charge >= 0.3 is 12.1 Å². The summed E-state index contributed by atoms with van der Waals surface area (Å²) in [7, 11) is 0. The molecule has 2 amide bonds. The summed E-state index contributed by atoms with van der Waals surface area (Å²) in [5, 5.41) is 4.21. The number of hydrogen-bond acceptors (Lipinski definition) is 3. The highest BCUT2D eigenvalue weighted by molar-refractivity contribution is 6.07. The number of nitrogens with one attached hydrogen (secondary N) is 2. The van der Waals surface area contributed by atoms with Crippen LogP contribution in [0.2, 0.25) is 0 Å². The van der Waals surface area contributed by atoms with Gasteiger partial charge in [-0.2, -0.15) is 13.2 Å². The zero-order valence-electron chi connectivity index (χ0n) is 13.2. The molecule has 0 bridgehead atoms. The molecule has 0 aliphatic heterocycles. The van der Waals surface area contributed by atoms with Crippen LogP contribution in [0.3, 0.4) is 0 Å². The summed E-state index contributed by atoms with van der Waals surface area (Å²) in [5.41, 5.74) is 0.198. The van der Waals surface area contributed by atoms with Gasteiger partial charge < -0.3 is 15.4 Å². The van der Waals surface area contributed by atoms with Gasteiger partial charge in [0.25, 0.3) is 5.91 Å². The summed E-state index contributed by atoms with van der Waals surface area (Å²) in [6.07, 6.45) is -5.02. The lowest BCUT2D eigenvalue weighted by Crippen LogP contribution is -2.30. The fourth-order valence-electron chi connectivity index (χ4n) is 1.96. The van der Waals surface area contributed by atoms with Gasteiger partial charge in [-0.1, -0.05) is 12.1 Å². The first kappa shape index (κ1) is 18.3. The van der Waals surface area contributed by atoms with Crippen LogP contribution in [0.1, 0.15) is 17.3 Å². The van der Waals surface area contributed by atoms with Crippen LogP contribution in [0.25, 0.3) is 0 Å². The van der Waals surface area contributed by atoms with Gasteiger partial charge in [0.05, 0.1) is 18.0 Å². The summed E-state index contributed by atoms with van der Waals surface area (Å²) in [4.78, 5) is 23.3. The molecule has 132 valence electrons. The first-order chi connectivity index (χ1) is 11.8. The molecule has 8 heteroatoms. The monoisotopic (exact) mass is 352 g/mol. The van der Waals surface area contributed by atoms with Crippen LogP contribution in [0, 0.1) is 0 Å². The quantitative estimate of drug-likeness (QED) is 0.859. The summed E-state index contributed by atoms with van der Waals surface area (Å²) in [6, 6.07) is 11.9. The third-order valence-corrected chi connectivity index (χ3v) is 3.11. The highest BCUT2D eigenvalue weighted by Gasteiger charge is 2.39. The maximum Gasteiger partial charge on any atom is 0.471 e. The molecule has 2 aromatic carbocycles. The summed E-state index contributed by atoms with van der Waals surface area (Å²) in [5.74, 6) is -2.05. The van der Waals surface area contributed by atoms with Gasteiger partial charge in [0.1, 0.15) is 5.75 Å². The molecule has 0 aliphatic carbocycles. The van der Waals surface area contributed by atoms with Gasteiger partial charge in [0, 0.05) is 5.56 Å². The Hall–Kier alpha value is -3.03. The van der Waals surface area contributed by atoms with Crippen molar-refractivity contribution in [3.63, 3.8) is 0 Å². The van der Waals surface area contributed by atoms with Gasteiger partial charge in [-0.3, -0.25) is 9.59 Å². The second-order valence-corrected chi connectivity index (χ2v) is 4.91. The smallest absolute Gasteiger partial charge is 0.471 e. The Morgan fingerprint density at radius 1 is 0.960 bits per heavy atom. The van der Waals surface area contributed by atoms with Crippen molar-refractivity contribution in [2.24, 2.45) is 0 Å². The lowest BCUT2D eigenvalue weighted by Gasteiger charge is -2.13. The normalized spacial score (nSPS) is 10.9. The van der Waals surface area contributed by atoms with Gasteiger partial charge in [0.2, 0.25) is 0 Å². The average molecular weight is 352 g/mol. The molecule has 2 aromatic rings. The maximum absolute atomic E-state index is 12.4. The second kappa shape index (κ2) is 7.69. The van der Waals surface area contributed by atoms with Gasteiger partial charge in [-0.25, -0.2) is 0 Å². The zero-order valence-corrected chi connectivity index (χ0v) is 13.2. The topological polar surface area (TPSA) is 67.4 Å². The van der Waals surface area contributed by atoms with E-state index in [1.54, 1.807) is 17.4 Å². The van der Waals surface area contributed by atoms with Crippen LogP contribution >= 0.6 is 0 Å². The van der Waals surface area contributed by atoms with Crippen LogP contribution in [-0.2, 0) is 4.79 Å². The Bertz CT molecular complexity index is 758. The van der Waals surface area contributed by atoms with Crippen LogP contribution in [-0.4, -0.2) is 24.6 Å². The van der Waals surface area contributed by atoms with Crippen molar-refractivity contribution in [2.45, 2.75) is 13.1 Å². The van der Waals surface area contributed by atoms with Crippen molar-refractivity contribution >= 4 is 23.2 Å². The number of benzene rings is 2. The highest BCUT2D eigenvalue weighted by Crippen LogP contribution is 2.25. The van der Waals surface area contributed by atoms with Gasteiger partial charge in [-0.15, -0.1) is 0 Å². The number of para-hydroxylation sites is 2. The van der Waals surface area contributed by atoms with Gasteiger partial charge in [-0.05, 0) is 43.3 Å². The molecule has 0 unspecified atom stereocenters. The predicted octanol–water partition coefficient (Wildman–Crippen LogP) is 3.84. The van der Waals surface area contributed by atoms with E-state index in [2.05, 4.69) is 5.32 Å². The van der Waals surface area contributed by atoms with Gasteiger partial charge in [0.15, 0.2) is 0 Å². The van der Waals surface area contributed by atoms with Crippen LogP contribution < -0.4 is 15.4 Å². The molecule has 0 atom stereocenters. The molecule has 0 aromatic heterocycles. The predicted molar refractivity (Wildman–Crippen MR) is 86.7 cm³/mol. The van der Waals surface area contributed by atoms with Crippen LogP contribution in [0.4, 0.5) is 24.5 Å². The van der Waals surface area contributed by atoms with E-state index in [1.807, 2.05) is 6.92 Å². The molecular weight excluding hydrogens is 337 g/mol. The summed E-state index contributed by atoms with van der Waals surface area (Å²) in [6.45, 7) is 2.31. The van der Waals surface area contributed by atoms with Crippen molar-refractivity contribution in [1.82, 2.24) is 0 Å². The molecule has 0 aliphatic rings. The molecule has 2 N–H and O–H groups in total. The lowest BCUT2D eigenvalue weighted by molar-refractivity contribution is -0.167. The first-order valence-corrected chi connectivity index (χ1v) is 7.32. The maximum atomic E-state index is 12.4. The molecule has 25 heavy (non-hydrogen) atoms. The summed E-state index contributed by atoms with van der Waals surface area (Å²) >= 11 is 0. The number of halogens is 3. The highest BCUT2D eigenvalue weighted by atomic mass is 19.4. The summed E-state index contributed by atoms with van der Waals surface area (Å²) < 4.78 is 42.4. The van der Waals surface area contributed by atoms with E-state index < -0.39 is 18.0 Å². The minimum absolute atomic E-state index is 0.0546. The van der Waals surface area contributed by atoms with E-state index >= 15 is 0 Å². The number of amides is 2. The minimum atomic E-state index is -5.02. The van der Waals surface area contributed by atoms with Crippen molar-refractivity contribution in [1.29, 1.82) is 0 Å². The van der Waals surface area contributed by atoms with E-state index in [0.717, 1.165) is 0 Å². The zero-order chi connectivity index (χ0) is 18.4. The number of anilines is 2. The molecular formula is C17H15F3N2O3. The molecule has 5 nitrogen and oxygen atoms in total. The molecule has 0 saturated carbocycles. The Balaban J connectivity index is 2.14. The SMILES string of the molecule is CCOc1ccc(C(=O)Nc2ccccc2NC(=O)C(F)(F)F)cc1. The van der Waals surface area contributed by atoms with Crippen molar-refractivity contribution in [3.05, 3.63) is 54.1 Å². The Morgan fingerprint density at radius 3 is 2.04 bits per heavy atom. The number of rotatable bonds is 5. The number of carbonyl (C=O) groups is 2. The second-order valence-electron chi connectivity index (χ2n) is 4.91. The molecule has 0 radical (unpaired) electrons. The van der Waals surface area contributed by atoms with E-state index in [9.17, 15) is 22.8 Å². The number of carbonyl (C=O) groups excluding carboxylic acids is 2. The fraction of sp³-hybridized carbons (Fsp3) is 0.176. The number of hydrogen-bond donors (Lipinski definition) is 2. The van der Waals surface area contributed by atoms with Crippen LogP contribution in [0.5, 0.6) is 5.75 Å². The fourth-order valence-corrected chi connectivity index (χ4v) is 1.96. The average Bonchev–Trinajstić information content (AvgIpc) is 2.56. The number of alkyl halides is 3. The lowest BCUT2D eigenvalue weighted by atomic mass is 10.2. The molecule has 0 saturated heterocycles. The Labute approximate surface area is 141 Å².